The zero-order valence-corrected chi connectivity index (χ0v) is 22.7. The number of benzene rings is 1. The highest BCUT2D eigenvalue weighted by atomic mass is 32.1. The zero-order chi connectivity index (χ0) is 26.1. The average molecular weight is 521 g/mol. The maximum absolute atomic E-state index is 6.26. The molecule has 4 aromatic rings. The van der Waals surface area contributed by atoms with E-state index < -0.39 is 0 Å². The van der Waals surface area contributed by atoms with E-state index >= 15 is 0 Å². The lowest BCUT2D eigenvalue weighted by molar-refractivity contribution is 0.140. The van der Waals surface area contributed by atoms with Crippen LogP contribution in [-0.4, -0.2) is 53.4 Å². The molecule has 0 unspecified atom stereocenters. The molecule has 0 saturated carbocycles. The molecule has 194 valence electrons. The van der Waals surface area contributed by atoms with E-state index in [2.05, 4.69) is 52.8 Å². The summed E-state index contributed by atoms with van der Waals surface area (Å²) in [5.74, 6) is 2.06. The van der Waals surface area contributed by atoms with Gasteiger partial charge in [-0.1, -0.05) is 25.2 Å². The molecule has 0 aliphatic carbocycles. The second kappa shape index (κ2) is 10.5. The van der Waals surface area contributed by atoms with Crippen molar-refractivity contribution in [2.75, 3.05) is 44.1 Å². The molecule has 1 aliphatic heterocycles. The van der Waals surface area contributed by atoms with Gasteiger partial charge in [-0.15, -0.1) is 0 Å². The molecular weight excluding hydrogens is 488 g/mol. The number of nitrogen functional groups attached to an aromatic ring is 1. The number of aryl methyl sites for hydroxylation is 2. The summed E-state index contributed by atoms with van der Waals surface area (Å²) >= 11 is 1.39. The molecule has 2 N–H and O–H groups in total. The van der Waals surface area contributed by atoms with Gasteiger partial charge in [-0.3, -0.25) is 0 Å². The van der Waals surface area contributed by atoms with Gasteiger partial charge in [0.2, 0.25) is 0 Å². The minimum atomic E-state index is 0.253. The first-order chi connectivity index (χ1) is 17.8. The Balaban J connectivity index is 1.53. The van der Waals surface area contributed by atoms with Crippen LogP contribution in [0.15, 0.2) is 24.4 Å². The van der Waals surface area contributed by atoms with Crippen molar-refractivity contribution < 1.29 is 14.2 Å². The molecule has 1 aromatic carbocycles. The number of ether oxygens (including phenoxy) is 3. The largest absolute Gasteiger partial charge is 0.491 e. The second-order valence-corrected chi connectivity index (χ2v) is 10.5. The molecule has 0 fully saturated rings. The standard InChI is InChI=1S/C27H32N6O3S/c1-15(2)22-17(4)30-27(36-9-8-34-5)32-24(22)33-6-7-35-23-16(3)10-18(11-20(23)14-33)19-12-21-25(29-13-19)37-26(28)31-21/h10-13,15H,6-9,14H2,1-5H3,(H2,28,31). The Morgan fingerprint density at radius 1 is 1.11 bits per heavy atom. The number of nitrogens with zero attached hydrogens (tertiary/aromatic N) is 5. The number of hydrogen-bond donors (Lipinski definition) is 1. The van der Waals surface area contributed by atoms with Crippen molar-refractivity contribution >= 4 is 32.6 Å². The number of anilines is 2. The molecule has 37 heavy (non-hydrogen) atoms. The van der Waals surface area contributed by atoms with Gasteiger partial charge in [0.1, 0.15) is 35.1 Å². The number of thiazole rings is 1. The molecule has 0 radical (unpaired) electrons. The summed E-state index contributed by atoms with van der Waals surface area (Å²) in [7, 11) is 1.65. The number of aromatic nitrogens is 4. The van der Waals surface area contributed by atoms with E-state index in [1.165, 1.54) is 11.3 Å². The lowest BCUT2D eigenvalue weighted by Gasteiger charge is -2.26. The van der Waals surface area contributed by atoms with Gasteiger partial charge in [-0.2, -0.15) is 4.98 Å². The second-order valence-electron chi connectivity index (χ2n) is 9.48. The summed E-state index contributed by atoms with van der Waals surface area (Å²) in [5, 5.41) is 0.522. The van der Waals surface area contributed by atoms with E-state index in [9.17, 15) is 0 Å². The van der Waals surface area contributed by atoms with Gasteiger partial charge in [-0.25, -0.2) is 15.0 Å². The summed E-state index contributed by atoms with van der Waals surface area (Å²) in [6.07, 6.45) is 1.88. The Morgan fingerprint density at radius 2 is 1.95 bits per heavy atom. The van der Waals surface area contributed by atoms with Gasteiger partial charge in [0.25, 0.3) is 0 Å². The molecule has 10 heteroatoms. The van der Waals surface area contributed by atoms with Crippen molar-refractivity contribution in [2.24, 2.45) is 0 Å². The molecule has 0 saturated heterocycles. The van der Waals surface area contributed by atoms with Gasteiger partial charge in [0.05, 0.1) is 18.8 Å². The van der Waals surface area contributed by atoms with Gasteiger partial charge in [0.15, 0.2) is 5.13 Å². The van der Waals surface area contributed by atoms with E-state index in [0.717, 1.165) is 55.4 Å². The molecule has 0 bridgehead atoms. The molecule has 0 atom stereocenters. The van der Waals surface area contributed by atoms with Crippen LogP contribution in [0.5, 0.6) is 11.8 Å². The fourth-order valence-corrected chi connectivity index (χ4v) is 5.45. The predicted octanol–water partition coefficient (Wildman–Crippen LogP) is 4.89. The predicted molar refractivity (Wildman–Crippen MR) is 147 cm³/mol. The Bertz CT molecular complexity index is 1440. The van der Waals surface area contributed by atoms with Crippen LogP contribution in [0.1, 0.15) is 42.1 Å². The molecule has 3 aromatic heterocycles. The number of rotatable bonds is 7. The van der Waals surface area contributed by atoms with Crippen molar-refractivity contribution in [1.29, 1.82) is 0 Å². The average Bonchev–Trinajstić information content (AvgIpc) is 3.08. The Labute approximate surface area is 220 Å². The summed E-state index contributed by atoms with van der Waals surface area (Å²) in [4.78, 5) is 21.6. The normalized spacial score (nSPS) is 13.5. The van der Waals surface area contributed by atoms with Crippen molar-refractivity contribution in [2.45, 2.75) is 40.2 Å². The first-order valence-electron chi connectivity index (χ1n) is 12.4. The summed E-state index contributed by atoms with van der Waals surface area (Å²) < 4.78 is 17.2. The van der Waals surface area contributed by atoms with Crippen molar-refractivity contribution in [3.05, 3.63) is 46.8 Å². The van der Waals surface area contributed by atoms with E-state index in [4.69, 9.17) is 24.9 Å². The number of hydrogen-bond acceptors (Lipinski definition) is 10. The highest BCUT2D eigenvalue weighted by Crippen LogP contribution is 2.37. The van der Waals surface area contributed by atoms with Gasteiger partial charge in [-0.05, 0) is 49.1 Å². The van der Waals surface area contributed by atoms with E-state index in [1.54, 1.807) is 7.11 Å². The minimum Gasteiger partial charge on any atom is -0.491 e. The molecule has 0 spiro atoms. The molecular formula is C27H32N6O3S. The smallest absolute Gasteiger partial charge is 0.318 e. The summed E-state index contributed by atoms with van der Waals surface area (Å²) in [6, 6.07) is 6.73. The molecule has 1 aliphatic rings. The van der Waals surface area contributed by atoms with Crippen molar-refractivity contribution in [3.63, 3.8) is 0 Å². The summed E-state index contributed by atoms with van der Waals surface area (Å²) in [5.41, 5.74) is 13.0. The third-order valence-corrected chi connectivity index (χ3v) is 7.22. The van der Waals surface area contributed by atoms with E-state index in [0.29, 0.717) is 44.1 Å². The SMILES string of the molecule is COCCOc1nc(C)c(C(C)C)c(N2CCOc3c(C)cc(-c4cnc5sc(N)nc5c4)cc3C2)n1. The van der Waals surface area contributed by atoms with Crippen LogP contribution < -0.4 is 20.1 Å². The number of pyridine rings is 1. The van der Waals surface area contributed by atoms with Crippen LogP contribution in [0.4, 0.5) is 10.9 Å². The van der Waals surface area contributed by atoms with Crippen LogP contribution in [0.3, 0.4) is 0 Å². The lowest BCUT2D eigenvalue weighted by atomic mass is 9.99. The molecule has 4 heterocycles. The van der Waals surface area contributed by atoms with Gasteiger partial charge in [0, 0.05) is 36.5 Å². The highest BCUT2D eigenvalue weighted by Gasteiger charge is 2.25. The van der Waals surface area contributed by atoms with E-state index in [-0.39, 0.29) is 5.92 Å². The highest BCUT2D eigenvalue weighted by molar-refractivity contribution is 7.21. The van der Waals surface area contributed by atoms with Crippen LogP contribution in [0.25, 0.3) is 21.5 Å². The fourth-order valence-electron chi connectivity index (χ4n) is 4.80. The topological polar surface area (TPSA) is 109 Å². The first-order valence-corrected chi connectivity index (χ1v) is 13.2. The van der Waals surface area contributed by atoms with Gasteiger partial charge >= 0.3 is 6.01 Å². The third-order valence-electron chi connectivity index (χ3n) is 6.41. The zero-order valence-electron chi connectivity index (χ0n) is 21.9. The monoisotopic (exact) mass is 520 g/mol. The molecule has 5 rings (SSSR count). The molecule has 9 nitrogen and oxygen atoms in total. The van der Waals surface area contributed by atoms with Crippen LogP contribution in [0, 0.1) is 13.8 Å². The lowest BCUT2D eigenvalue weighted by Crippen LogP contribution is -2.28. The number of nitrogens with two attached hydrogens (primary N) is 1. The Morgan fingerprint density at radius 3 is 2.73 bits per heavy atom. The fraction of sp³-hybridized carbons (Fsp3) is 0.407. The third kappa shape index (κ3) is 5.17. The minimum absolute atomic E-state index is 0.253. The maximum Gasteiger partial charge on any atom is 0.318 e. The van der Waals surface area contributed by atoms with Gasteiger partial charge < -0.3 is 24.8 Å². The van der Waals surface area contributed by atoms with Crippen LogP contribution >= 0.6 is 11.3 Å². The first kappa shape index (κ1) is 25.2. The number of methoxy groups -OCH3 is 1. The van der Waals surface area contributed by atoms with Crippen LogP contribution in [-0.2, 0) is 11.3 Å². The van der Waals surface area contributed by atoms with Crippen LogP contribution in [0.2, 0.25) is 0 Å². The van der Waals surface area contributed by atoms with Crippen molar-refractivity contribution in [1.82, 2.24) is 19.9 Å². The summed E-state index contributed by atoms with van der Waals surface area (Å²) in [6.45, 7) is 11.2. The molecule has 0 amide bonds. The Hall–Kier alpha value is -3.50. The van der Waals surface area contributed by atoms with E-state index in [1.807, 2.05) is 19.2 Å². The number of fused-ring (bicyclic) bond motifs is 2. The van der Waals surface area contributed by atoms with Crippen molar-refractivity contribution in [3.8, 4) is 22.9 Å². The Kier molecular flexibility index (Phi) is 7.12. The maximum atomic E-state index is 6.26. The quantitative estimate of drug-likeness (QED) is 0.341.